The number of hydrogen-bond acceptors (Lipinski definition) is 2. The lowest BCUT2D eigenvalue weighted by molar-refractivity contribution is 0.00904. The van der Waals surface area contributed by atoms with Gasteiger partial charge in [0.25, 0.3) is 0 Å². The first kappa shape index (κ1) is 30.0. The van der Waals surface area contributed by atoms with Gasteiger partial charge in [0.15, 0.2) is 0 Å². The summed E-state index contributed by atoms with van der Waals surface area (Å²) in [4.78, 5) is 6.72. The minimum atomic E-state index is 0.946. The van der Waals surface area contributed by atoms with Crippen molar-refractivity contribution in [3.8, 4) is 0 Å². The minimum Gasteiger partial charge on any atom is -0.294 e. The second-order valence-electron chi connectivity index (χ2n) is 18.7. The van der Waals surface area contributed by atoms with E-state index < -0.39 is 0 Å². The van der Waals surface area contributed by atoms with Gasteiger partial charge in [0.1, 0.15) is 0 Å². The summed E-state index contributed by atoms with van der Waals surface area (Å²) in [7, 11) is 0. The molecule has 0 amide bonds. The highest BCUT2D eigenvalue weighted by Gasteiger charge is 2.63. The molecule has 9 aliphatic rings. The van der Waals surface area contributed by atoms with Gasteiger partial charge in [0, 0.05) is 36.3 Å². The molecule has 8 atom stereocenters. The first-order chi connectivity index (χ1) is 21.8. The summed E-state index contributed by atoms with van der Waals surface area (Å²) in [6.45, 7) is 0. The third kappa shape index (κ3) is 5.31. The molecule has 7 saturated carbocycles. The molecule has 44 heavy (non-hydrogen) atoms. The quantitative estimate of drug-likeness (QED) is 0.316. The van der Waals surface area contributed by atoms with Crippen molar-refractivity contribution in [1.82, 2.24) is 9.80 Å². The molecule has 9 rings (SSSR count). The molecular formula is C42H70N2. The van der Waals surface area contributed by atoms with Crippen molar-refractivity contribution >= 4 is 0 Å². The maximum absolute atomic E-state index is 3.36. The molecule has 0 bridgehead atoms. The third-order valence-corrected chi connectivity index (χ3v) is 17.1. The molecule has 7 aliphatic carbocycles. The molecule has 0 radical (unpaired) electrons. The molecule has 0 N–H and O–H groups in total. The summed E-state index contributed by atoms with van der Waals surface area (Å²) < 4.78 is 0. The van der Waals surface area contributed by atoms with Gasteiger partial charge in [-0.25, -0.2) is 0 Å². The fraction of sp³-hybridized carbons (Fsp3) is 1.00. The van der Waals surface area contributed by atoms with Gasteiger partial charge in [-0.3, -0.25) is 9.80 Å². The molecule has 2 aliphatic heterocycles. The average Bonchev–Trinajstić information content (AvgIpc) is 3.62. The van der Waals surface area contributed by atoms with Gasteiger partial charge >= 0.3 is 0 Å². The van der Waals surface area contributed by atoms with Crippen LogP contribution in [0.15, 0.2) is 0 Å². The van der Waals surface area contributed by atoms with Gasteiger partial charge in [-0.2, -0.15) is 0 Å². The Kier molecular flexibility index (Phi) is 8.93. The first-order valence-electron chi connectivity index (χ1n) is 21.4. The summed E-state index contributed by atoms with van der Waals surface area (Å²) in [5, 5.41) is 0. The van der Waals surface area contributed by atoms with Crippen molar-refractivity contribution in [3.05, 3.63) is 0 Å². The van der Waals surface area contributed by atoms with Crippen LogP contribution in [0, 0.1) is 47.3 Å². The lowest BCUT2D eigenvalue weighted by atomic mass is 9.61. The van der Waals surface area contributed by atoms with E-state index in [1.165, 1.54) is 51.4 Å². The van der Waals surface area contributed by atoms with Crippen molar-refractivity contribution in [2.45, 2.75) is 216 Å². The van der Waals surface area contributed by atoms with Gasteiger partial charge in [0.2, 0.25) is 0 Å². The Morgan fingerprint density at radius 2 is 0.591 bits per heavy atom. The summed E-state index contributed by atoms with van der Waals surface area (Å²) >= 11 is 0. The number of nitrogens with zero attached hydrogens (tertiary/aromatic N) is 2. The van der Waals surface area contributed by atoms with E-state index in [2.05, 4.69) is 9.80 Å². The predicted octanol–water partition coefficient (Wildman–Crippen LogP) is 10.8. The van der Waals surface area contributed by atoms with E-state index in [0.29, 0.717) is 0 Å². The maximum atomic E-state index is 3.36. The Morgan fingerprint density at radius 3 is 1.00 bits per heavy atom. The molecule has 2 saturated heterocycles. The molecule has 8 unspecified atom stereocenters. The van der Waals surface area contributed by atoms with Gasteiger partial charge in [0.05, 0.1) is 0 Å². The van der Waals surface area contributed by atoms with Crippen LogP contribution in [0.4, 0.5) is 0 Å². The maximum Gasteiger partial charge on any atom is 0.0137 e. The van der Waals surface area contributed by atoms with Crippen molar-refractivity contribution < 1.29 is 0 Å². The van der Waals surface area contributed by atoms with Crippen LogP contribution < -0.4 is 0 Å². The molecular weight excluding hydrogens is 532 g/mol. The largest absolute Gasteiger partial charge is 0.294 e. The Morgan fingerprint density at radius 1 is 0.250 bits per heavy atom. The zero-order valence-corrected chi connectivity index (χ0v) is 28.8. The first-order valence-corrected chi connectivity index (χ1v) is 21.4. The predicted molar refractivity (Wildman–Crippen MR) is 184 cm³/mol. The third-order valence-electron chi connectivity index (χ3n) is 17.1. The fourth-order valence-corrected chi connectivity index (χ4v) is 15.5. The summed E-state index contributed by atoms with van der Waals surface area (Å²) in [5.41, 5.74) is 0. The normalized spacial score (nSPS) is 49.6. The molecule has 0 spiro atoms. The lowest BCUT2D eigenvalue weighted by Crippen LogP contribution is -2.53. The van der Waals surface area contributed by atoms with E-state index in [9.17, 15) is 0 Å². The fourth-order valence-electron chi connectivity index (χ4n) is 15.5. The van der Waals surface area contributed by atoms with Gasteiger partial charge in [-0.05, 0) is 137 Å². The second-order valence-corrected chi connectivity index (χ2v) is 18.7. The summed E-state index contributed by atoms with van der Waals surface area (Å²) in [5.74, 6) is 8.60. The number of fused-ring (bicyclic) bond motifs is 7. The Labute approximate surface area is 272 Å². The van der Waals surface area contributed by atoms with Crippen LogP contribution in [0.1, 0.15) is 180 Å². The molecule has 0 aromatic heterocycles. The van der Waals surface area contributed by atoms with Crippen molar-refractivity contribution in [1.29, 1.82) is 0 Å². The van der Waals surface area contributed by atoms with Crippen LogP contribution in [0.5, 0.6) is 0 Å². The standard InChI is InChI=1S/C42H70N2/c1-3-11-29(12-4-1)31-19-23-33(24-20-31)43-37-17-9-7-15-35(37)41-39(43)27-28-40-42(41)36-16-8-10-18-38(36)44(40)34-25-21-32(22-26-34)30-13-5-2-6-14-30/h29-42H,1-28H2. The Balaban J connectivity index is 0.931. The van der Waals surface area contributed by atoms with E-state index in [1.54, 1.807) is 128 Å². The van der Waals surface area contributed by atoms with E-state index in [-0.39, 0.29) is 0 Å². The van der Waals surface area contributed by atoms with Crippen LogP contribution in [0.3, 0.4) is 0 Å². The average molecular weight is 603 g/mol. The summed E-state index contributed by atoms with van der Waals surface area (Å²) in [6.07, 6.45) is 43.6. The highest BCUT2D eigenvalue weighted by Crippen LogP contribution is 2.61. The van der Waals surface area contributed by atoms with Crippen LogP contribution in [0.2, 0.25) is 0 Å². The van der Waals surface area contributed by atoms with Crippen LogP contribution >= 0.6 is 0 Å². The van der Waals surface area contributed by atoms with E-state index >= 15 is 0 Å². The molecule has 2 heteroatoms. The van der Waals surface area contributed by atoms with Crippen molar-refractivity contribution in [3.63, 3.8) is 0 Å². The minimum absolute atomic E-state index is 0.946. The van der Waals surface area contributed by atoms with Crippen molar-refractivity contribution in [2.24, 2.45) is 47.3 Å². The Bertz CT molecular complexity index is 857. The number of likely N-dealkylation sites (tertiary alicyclic amines) is 2. The van der Waals surface area contributed by atoms with Crippen LogP contribution in [0.25, 0.3) is 0 Å². The van der Waals surface area contributed by atoms with Crippen LogP contribution in [-0.4, -0.2) is 46.1 Å². The zero-order valence-electron chi connectivity index (χ0n) is 28.8. The van der Waals surface area contributed by atoms with Crippen LogP contribution in [-0.2, 0) is 0 Å². The van der Waals surface area contributed by atoms with E-state index in [4.69, 9.17) is 0 Å². The van der Waals surface area contributed by atoms with E-state index in [1.807, 2.05) is 0 Å². The zero-order chi connectivity index (χ0) is 29.0. The SMILES string of the molecule is C1CCC(C2CCC(N3C4CCCCC4C4C5C6CCCCC6N(C6CCC(C7CCCCC7)CC6)C5CCC43)CC2)CC1. The second kappa shape index (κ2) is 13.1. The molecule has 9 fully saturated rings. The lowest BCUT2D eigenvalue weighted by Gasteiger charge is -2.48. The van der Waals surface area contributed by atoms with Gasteiger partial charge in [-0.1, -0.05) is 89.9 Å². The Hall–Kier alpha value is -0.0800. The molecule has 0 aromatic rings. The molecule has 248 valence electrons. The molecule has 2 heterocycles. The van der Waals surface area contributed by atoms with Gasteiger partial charge < -0.3 is 0 Å². The monoisotopic (exact) mass is 603 g/mol. The summed E-state index contributed by atoms with van der Waals surface area (Å²) in [6, 6.07) is 5.75. The smallest absolute Gasteiger partial charge is 0.0137 e. The topological polar surface area (TPSA) is 6.48 Å². The van der Waals surface area contributed by atoms with Gasteiger partial charge in [-0.15, -0.1) is 0 Å². The highest BCUT2D eigenvalue weighted by atomic mass is 15.3. The number of hydrogen-bond donors (Lipinski definition) is 0. The highest BCUT2D eigenvalue weighted by molar-refractivity contribution is 5.16. The molecule has 2 nitrogen and oxygen atoms in total. The number of rotatable bonds is 4. The van der Waals surface area contributed by atoms with E-state index in [0.717, 1.165) is 83.6 Å². The van der Waals surface area contributed by atoms with Crippen molar-refractivity contribution in [2.75, 3.05) is 0 Å². The molecule has 0 aromatic carbocycles.